The lowest BCUT2D eigenvalue weighted by Crippen LogP contribution is -2.28. The number of hydrogen-bond acceptors (Lipinski definition) is 4. The highest BCUT2D eigenvalue weighted by molar-refractivity contribution is 7.98. The van der Waals surface area contributed by atoms with Gasteiger partial charge in [-0.05, 0) is 6.26 Å². The molecule has 0 atom stereocenters. The minimum atomic E-state index is -3.42. The van der Waals surface area contributed by atoms with Crippen molar-refractivity contribution >= 4 is 33.4 Å². The van der Waals surface area contributed by atoms with Crippen LogP contribution in [0.25, 0.3) is 0 Å². The molecule has 8 heteroatoms. The highest BCUT2D eigenvalue weighted by Gasteiger charge is 2.21. The van der Waals surface area contributed by atoms with Crippen LogP contribution in [0, 0.1) is 0 Å². The molecule has 0 spiro atoms. The predicted octanol–water partition coefficient (Wildman–Crippen LogP) is 1.11. The van der Waals surface area contributed by atoms with E-state index in [9.17, 15) is 8.42 Å². The zero-order valence-electron chi connectivity index (χ0n) is 9.84. The highest BCUT2D eigenvalue weighted by atomic mass is 35.5. The summed E-state index contributed by atoms with van der Waals surface area (Å²) >= 11 is 7.18. The van der Waals surface area contributed by atoms with Crippen molar-refractivity contribution < 1.29 is 8.42 Å². The van der Waals surface area contributed by atoms with E-state index in [2.05, 4.69) is 5.10 Å². The molecule has 0 bridgehead atoms. The molecule has 0 aliphatic heterocycles. The molecule has 0 saturated carbocycles. The maximum Gasteiger partial charge on any atom is 0.245 e. The van der Waals surface area contributed by atoms with E-state index in [4.69, 9.17) is 11.6 Å². The lowest BCUT2D eigenvalue weighted by Gasteiger charge is -2.14. The van der Waals surface area contributed by atoms with Gasteiger partial charge < -0.3 is 0 Å². The van der Waals surface area contributed by atoms with Crippen molar-refractivity contribution in [2.45, 2.75) is 11.4 Å². The number of aryl methyl sites for hydroxylation is 1. The second kappa shape index (κ2) is 6.63. The minimum Gasteiger partial charge on any atom is -0.270 e. The third kappa shape index (κ3) is 3.87. The topological polar surface area (TPSA) is 55.2 Å². The predicted molar refractivity (Wildman–Crippen MR) is 71.1 cm³/mol. The van der Waals surface area contributed by atoms with Crippen LogP contribution in [0.1, 0.15) is 0 Å². The first kappa shape index (κ1) is 14.8. The van der Waals surface area contributed by atoms with Crippen molar-refractivity contribution in [2.24, 2.45) is 0 Å². The maximum atomic E-state index is 12.1. The van der Waals surface area contributed by atoms with Crippen molar-refractivity contribution in [1.29, 1.82) is 0 Å². The Balaban J connectivity index is 2.81. The van der Waals surface area contributed by atoms with Gasteiger partial charge in [-0.1, -0.05) is 0 Å². The smallest absolute Gasteiger partial charge is 0.245 e. The molecule has 1 rings (SSSR count). The Morgan fingerprint density at radius 2 is 2.29 bits per heavy atom. The Kier molecular flexibility index (Phi) is 5.78. The van der Waals surface area contributed by atoms with Gasteiger partial charge in [0, 0.05) is 31.4 Å². The molecule has 0 fully saturated rings. The van der Waals surface area contributed by atoms with E-state index in [-0.39, 0.29) is 4.90 Å². The Bertz CT molecular complexity index is 447. The fraction of sp³-hybridized carbons (Fsp3) is 0.667. The number of rotatable bonds is 7. The number of hydrogen-bond donors (Lipinski definition) is 0. The average molecular weight is 298 g/mol. The van der Waals surface area contributed by atoms with Crippen molar-refractivity contribution in [1.82, 2.24) is 14.1 Å². The fourth-order valence-corrected chi connectivity index (χ4v) is 3.08. The molecule has 0 aliphatic rings. The summed E-state index contributed by atoms with van der Waals surface area (Å²) in [7, 11) is -1.84. The van der Waals surface area contributed by atoms with Crippen LogP contribution < -0.4 is 0 Å². The minimum absolute atomic E-state index is 0.214. The lowest BCUT2D eigenvalue weighted by atomic mass is 10.7. The quantitative estimate of drug-likeness (QED) is 0.708. The molecule has 0 saturated heterocycles. The van der Waals surface area contributed by atoms with Crippen LogP contribution in [0.3, 0.4) is 0 Å². The van der Waals surface area contributed by atoms with Gasteiger partial charge >= 0.3 is 0 Å². The molecule has 1 heterocycles. The van der Waals surface area contributed by atoms with E-state index < -0.39 is 10.0 Å². The zero-order valence-corrected chi connectivity index (χ0v) is 12.2. The van der Waals surface area contributed by atoms with Gasteiger partial charge in [0.1, 0.15) is 4.90 Å². The van der Waals surface area contributed by atoms with Gasteiger partial charge in [0.25, 0.3) is 0 Å². The van der Waals surface area contributed by atoms with E-state index in [1.807, 2.05) is 6.26 Å². The molecule has 0 amide bonds. The third-order valence-electron chi connectivity index (χ3n) is 2.24. The standard InChI is InChI=1S/C9H16ClN3O2S2/c1-12(5-6-16-2)17(14,15)9-7-11-13(8-9)4-3-10/h7-8H,3-6H2,1-2H3. The molecule has 1 aromatic rings. The first-order valence-electron chi connectivity index (χ1n) is 5.06. The molecule has 0 aromatic carbocycles. The second-order valence-corrected chi connectivity index (χ2v) is 6.86. The van der Waals surface area contributed by atoms with Crippen LogP contribution >= 0.6 is 23.4 Å². The van der Waals surface area contributed by atoms with Crippen LogP contribution in [-0.4, -0.2) is 54.0 Å². The molecule has 1 aromatic heterocycles. The fourth-order valence-electron chi connectivity index (χ4n) is 1.21. The van der Waals surface area contributed by atoms with Crippen molar-refractivity contribution in [3.63, 3.8) is 0 Å². The summed E-state index contributed by atoms with van der Waals surface area (Å²) in [6.07, 6.45) is 4.81. The van der Waals surface area contributed by atoms with Gasteiger partial charge in [-0.15, -0.1) is 11.6 Å². The van der Waals surface area contributed by atoms with Gasteiger partial charge in [-0.2, -0.15) is 16.9 Å². The average Bonchev–Trinajstić information content (AvgIpc) is 2.75. The van der Waals surface area contributed by atoms with Gasteiger partial charge in [0.05, 0.1) is 12.7 Å². The zero-order chi connectivity index (χ0) is 12.9. The van der Waals surface area contributed by atoms with E-state index in [0.29, 0.717) is 19.0 Å². The number of aromatic nitrogens is 2. The molecule has 17 heavy (non-hydrogen) atoms. The van der Waals surface area contributed by atoms with Crippen molar-refractivity contribution in [3.05, 3.63) is 12.4 Å². The highest BCUT2D eigenvalue weighted by Crippen LogP contribution is 2.13. The number of halogens is 1. The normalized spacial score (nSPS) is 12.2. The molecule has 0 unspecified atom stereocenters. The van der Waals surface area contributed by atoms with E-state index in [1.165, 1.54) is 21.4 Å². The van der Waals surface area contributed by atoms with E-state index >= 15 is 0 Å². The molecular formula is C9H16ClN3O2S2. The summed E-state index contributed by atoms with van der Waals surface area (Å²) < 4.78 is 27.0. The molecule has 0 N–H and O–H groups in total. The van der Waals surface area contributed by atoms with Gasteiger partial charge in [-0.25, -0.2) is 12.7 Å². The summed E-state index contributed by atoms with van der Waals surface area (Å²) in [4.78, 5) is 0.214. The van der Waals surface area contributed by atoms with Crippen LogP contribution in [0.4, 0.5) is 0 Å². The van der Waals surface area contributed by atoms with Crippen molar-refractivity contribution in [3.8, 4) is 0 Å². The van der Waals surface area contributed by atoms with Gasteiger partial charge in [0.2, 0.25) is 10.0 Å². The maximum absolute atomic E-state index is 12.1. The SMILES string of the molecule is CSCCN(C)S(=O)(=O)c1cnn(CCCl)c1. The molecular weight excluding hydrogens is 282 g/mol. The van der Waals surface area contributed by atoms with Crippen molar-refractivity contribution in [2.75, 3.05) is 31.5 Å². The van der Waals surface area contributed by atoms with Crippen LogP contribution in [-0.2, 0) is 16.6 Å². The first-order valence-corrected chi connectivity index (χ1v) is 8.43. The Labute approximate surface area is 111 Å². The van der Waals surface area contributed by atoms with Gasteiger partial charge in [-0.3, -0.25) is 4.68 Å². The Morgan fingerprint density at radius 3 is 2.88 bits per heavy atom. The second-order valence-electron chi connectivity index (χ2n) is 3.45. The summed E-state index contributed by atoms with van der Waals surface area (Å²) in [5.74, 6) is 1.18. The number of nitrogens with zero attached hydrogens (tertiary/aromatic N) is 3. The first-order chi connectivity index (χ1) is 8.02. The Hall–Kier alpha value is -0.240. The summed E-state index contributed by atoms with van der Waals surface area (Å²) in [6, 6.07) is 0. The van der Waals surface area contributed by atoms with Crippen LogP contribution in [0.15, 0.2) is 17.3 Å². The van der Waals surface area contributed by atoms with Crippen LogP contribution in [0.5, 0.6) is 0 Å². The number of thioether (sulfide) groups is 1. The molecule has 0 aliphatic carbocycles. The van der Waals surface area contributed by atoms with Gasteiger partial charge in [0.15, 0.2) is 0 Å². The summed E-state index contributed by atoms with van der Waals surface area (Å²) in [6.45, 7) is 0.996. The Morgan fingerprint density at radius 1 is 1.59 bits per heavy atom. The summed E-state index contributed by atoms with van der Waals surface area (Å²) in [5.41, 5.74) is 0. The number of alkyl halides is 1. The summed E-state index contributed by atoms with van der Waals surface area (Å²) in [5, 5.41) is 3.96. The molecule has 5 nitrogen and oxygen atoms in total. The number of sulfonamides is 1. The lowest BCUT2D eigenvalue weighted by molar-refractivity contribution is 0.488. The van der Waals surface area contributed by atoms with Crippen LogP contribution in [0.2, 0.25) is 0 Å². The third-order valence-corrected chi connectivity index (χ3v) is 4.81. The van der Waals surface area contributed by atoms with E-state index in [1.54, 1.807) is 18.8 Å². The molecule has 98 valence electrons. The van der Waals surface area contributed by atoms with E-state index in [0.717, 1.165) is 5.75 Å². The molecule has 0 radical (unpaired) electrons. The monoisotopic (exact) mass is 297 g/mol. The largest absolute Gasteiger partial charge is 0.270 e.